The van der Waals surface area contributed by atoms with Crippen molar-refractivity contribution < 1.29 is 13.2 Å². The Balaban J connectivity index is 2.13. The maximum Gasteiger partial charge on any atom is 0.243 e. The highest BCUT2D eigenvalue weighted by atomic mass is 32.2. The fraction of sp³-hybridized carbons (Fsp3) is 0.632. The van der Waals surface area contributed by atoms with Gasteiger partial charge in [-0.2, -0.15) is 4.31 Å². The van der Waals surface area contributed by atoms with Gasteiger partial charge in [-0.1, -0.05) is 39.8 Å². The highest BCUT2D eigenvalue weighted by Crippen LogP contribution is 2.23. The zero-order valence-electron chi connectivity index (χ0n) is 15.7. The molecule has 1 amide bonds. The lowest BCUT2D eigenvalue weighted by Gasteiger charge is -2.23. The van der Waals surface area contributed by atoms with Crippen LogP contribution in [0, 0.1) is 5.92 Å². The number of amides is 1. The van der Waals surface area contributed by atoms with Gasteiger partial charge in [-0.15, -0.1) is 0 Å². The number of sulfonamides is 1. The first-order chi connectivity index (χ1) is 11.8. The Morgan fingerprint density at radius 1 is 1.04 bits per heavy atom. The van der Waals surface area contributed by atoms with Crippen molar-refractivity contribution in [1.29, 1.82) is 0 Å². The summed E-state index contributed by atoms with van der Waals surface area (Å²) in [7, 11) is -3.51. The lowest BCUT2D eigenvalue weighted by atomic mass is 9.99. The average Bonchev–Trinajstić information content (AvgIpc) is 2.87. The number of rotatable bonds is 5. The first-order valence-corrected chi connectivity index (χ1v) is 10.6. The zero-order chi connectivity index (χ0) is 18.6. The summed E-state index contributed by atoms with van der Waals surface area (Å²) >= 11 is 0. The lowest BCUT2D eigenvalue weighted by molar-refractivity contribution is -0.134. The van der Waals surface area contributed by atoms with Crippen LogP contribution in [0.5, 0.6) is 0 Å². The van der Waals surface area contributed by atoms with Crippen molar-refractivity contribution in [3.05, 3.63) is 29.8 Å². The molecular formula is C19H30N2O3S. The highest BCUT2D eigenvalue weighted by molar-refractivity contribution is 7.89. The molecule has 0 N–H and O–H groups in total. The zero-order valence-corrected chi connectivity index (χ0v) is 16.6. The first-order valence-electron chi connectivity index (χ1n) is 9.16. The van der Waals surface area contributed by atoms with Crippen LogP contribution in [0.4, 0.5) is 0 Å². The molecule has 1 saturated heterocycles. The summed E-state index contributed by atoms with van der Waals surface area (Å²) in [5.41, 5.74) is 1.16. The van der Waals surface area contributed by atoms with E-state index in [9.17, 15) is 13.2 Å². The molecule has 1 aromatic rings. The Bertz CT molecular complexity index is 683. The minimum Gasteiger partial charge on any atom is -0.341 e. The summed E-state index contributed by atoms with van der Waals surface area (Å²) in [6, 6.07) is 7.23. The summed E-state index contributed by atoms with van der Waals surface area (Å²) < 4.78 is 27.4. The van der Waals surface area contributed by atoms with E-state index in [0.717, 1.165) is 12.0 Å². The monoisotopic (exact) mass is 366 g/mol. The molecule has 1 aliphatic heterocycles. The van der Waals surface area contributed by atoms with Crippen molar-refractivity contribution in [3.8, 4) is 0 Å². The second-order valence-corrected chi connectivity index (χ2v) is 9.05. The van der Waals surface area contributed by atoms with Crippen LogP contribution in [0.2, 0.25) is 0 Å². The number of hydrogen-bond donors (Lipinski definition) is 0. The molecule has 0 spiro atoms. The molecule has 0 bridgehead atoms. The van der Waals surface area contributed by atoms with Gasteiger partial charge in [-0.05, 0) is 36.5 Å². The van der Waals surface area contributed by atoms with Gasteiger partial charge in [0, 0.05) is 32.1 Å². The molecule has 140 valence electrons. The van der Waals surface area contributed by atoms with Crippen LogP contribution in [-0.4, -0.2) is 49.7 Å². The van der Waals surface area contributed by atoms with E-state index in [1.807, 2.05) is 26.0 Å². The molecule has 6 heteroatoms. The predicted octanol–water partition coefficient (Wildman–Crippen LogP) is 3.08. The van der Waals surface area contributed by atoms with Crippen LogP contribution in [0.1, 0.15) is 52.0 Å². The van der Waals surface area contributed by atoms with Gasteiger partial charge >= 0.3 is 0 Å². The molecule has 1 aliphatic rings. The number of carbonyl (C=O) groups is 1. The normalized spacial score (nSPS) is 18.2. The summed E-state index contributed by atoms with van der Waals surface area (Å²) in [6.07, 6.45) is 1.70. The van der Waals surface area contributed by atoms with E-state index in [4.69, 9.17) is 0 Å². The maximum absolute atomic E-state index is 12.9. The molecule has 25 heavy (non-hydrogen) atoms. The molecule has 1 heterocycles. The van der Waals surface area contributed by atoms with E-state index in [-0.39, 0.29) is 11.8 Å². The van der Waals surface area contributed by atoms with Gasteiger partial charge in [0.25, 0.3) is 0 Å². The molecule has 1 aromatic carbocycles. The smallest absolute Gasteiger partial charge is 0.243 e. The Labute approximate surface area is 152 Å². The fourth-order valence-corrected chi connectivity index (χ4v) is 4.54. The molecule has 1 fully saturated rings. The second kappa shape index (κ2) is 8.32. The summed E-state index contributed by atoms with van der Waals surface area (Å²) in [4.78, 5) is 14.3. The van der Waals surface area contributed by atoms with Gasteiger partial charge in [0.05, 0.1) is 4.90 Å². The minimum absolute atomic E-state index is 0.0590. The van der Waals surface area contributed by atoms with Gasteiger partial charge in [0.1, 0.15) is 0 Å². The molecule has 0 aliphatic carbocycles. The van der Waals surface area contributed by atoms with E-state index < -0.39 is 10.0 Å². The summed E-state index contributed by atoms with van der Waals surface area (Å²) in [5.74, 6) is 0.457. The Morgan fingerprint density at radius 2 is 1.68 bits per heavy atom. The van der Waals surface area contributed by atoms with Gasteiger partial charge in [-0.3, -0.25) is 4.79 Å². The summed E-state index contributed by atoms with van der Waals surface area (Å²) in [6.45, 7) is 9.90. The third kappa shape index (κ3) is 4.61. The third-order valence-corrected chi connectivity index (χ3v) is 6.87. The van der Waals surface area contributed by atoms with E-state index in [1.165, 1.54) is 4.31 Å². The van der Waals surface area contributed by atoms with Crippen molar-refractivity contribution >= 4 is 15.9 Å². The van der Waals surface area contributed by atoms with Crippen molar-refractivity contribution in [2.45, 2.75) is 51.3 Å². The van der Waals surface area contributed by atoms with Crippen LogP contribution < -0.4 is 0 Å². The van der Waals surface area contributed by atoms with Crippen molar-refractivity contribution in [1.82, 2.24) is 9.21 Å². The van der Waals surface area contributed by atoms with E-state index in [0.29, 0.717) is 43.4 Å². The van der Waals surface area contributed by atoms with Gasteiger partial charge in [0.15, 0.2) is 0 Å². The standard InChI is InChI=1S/C19H30N2O3S/c1-5-16(4)17-7-9-18(10-8-17)25(23,24)21-12-6-11-20(13-14-21)19(22)15(2)3/h7-10,15-16H,5-6,11-14H2,1-4H3. The van der Waals surface area contributed by atoms with Crippen LogP contribution in [0.25, 0.3) is 0 Å². The predicted molar refractivity (Wildman–Crippen MR) is 99.9 cm³/mol. The average molecular weight is 367 g/mol. The fourth-order valence-electron chi connectivity index (χ4n) is 3.07. The highest BCUT2D eigenvalue weighted by Gasteiger charge is 2.28. The lowest BCUT2D eigenvalue weighted by Crippen LogP contribution is -2.38. The van der Waals surface area contributed by atoms with Gasteiger partial charge in [-0.25, -0.2) is 8.42 Å². The largest absolute Gasteiger partial charge is 0.341 e. The molecule has 0 aromatic heterocycles. The molecule has 5 nitrogen and oxygen atoms in total. The van der Waals surface area contributed by atoms with Crippen molar-refractivity contribution in [2.24, 2.45) is 5.92 Å². The van der Waals surface area contributed by atoms with Crippen LogP contribution in [0.3, 0.4) is 0 Å². The van der Waals surface area contributed by atoms with Crippen LogP contribution in [-0.2, 0) is 14.8 Å². The molecular weight excluding hydrogens is 336 g/mol. The number of hydrogen-bond acceptors (Lipinski definition) is 3. The van der Waals surface area contributed by atoms with Crippen LogP contribution >= 0.6 is 0 Å². The molecule has 0 radical (unpaired) electrons. The number of carbonyl (C=O) groups excluding carboxylic acids is 1. The topological polar surface area (TPSA) is 57.7 Å². The third-order valence-electron chi connectivity index (χ3n) is 4.96. The number of nitrogens with zero attached hydrogens (tertiary/aromatic N) is 2. The molecule has 1 unspecified atom stereocenters. The van der Waals surface area contributed by atoms with E-state index >= 15 is 0 Å². The van der Waals surface area contributed by atoms with Crippen LogP contribution in [0.15, 0.2) is 29.2 Å². The molecule has 2 rings (SSSR count). The quantitative estimate of drug-likeness (QED) is 0.805. The van der Waals surface area contributed by atoms with Gasteiger partial charge in [0.2, 0.25) is 15.9 Å². The van der Waals surface area contributed by atoms with E-state index in [1.54, 1.807) is 17.0 Å². The molecule has 1 atom stereocenters. The van der Waals surface area contributed by atoms with Crippen molar-refractivity contribution in [2.75, 3.05) is 26.2 Å². The second-order valence-electron chi connectivity index (χ2n) is 7.12. The Hall–Kier alpha value is -1.40. The Morgan fingerprint density at radius 3 is 2.24 bits per heavy atom. The SMILES string of the molecule is CCC(C)c1ccc(S(=O)(=O)N2CCCN(C(=O)C(C)C)CC2)cc1. The summed E-state index contributed by atoms with van der Waals surface area (Å²) in [5, 5.41) is 0. The number of benzene rings is 1. The molecule has 0 saturated carbocycles. The van der Waals surface area contributed by atoms with Crippen molar-refractivity contribution in [3.63, 3.8) is 0 Å². The minimum atomic E-state index is -3.51. The maximum atomic E-state index is 12.9. The van der Waals surface area contributed by atoms with E-state index in [2.05, 4.69) is 13.8 Å². The van der Waals surface area contributed by atoms with Gasteiger partial charge < -0.3 is 4.90 Å². The Kier molecular flexibility index (Phi) is 6.63. The first kappa shape index (κ1) is 19.9.